The van der Waals surface area contributed by atoms with Crippen LogP contribution in [0.3, 0.4) is 0 Å². The Balaban J connectivity index is 1.55. The summed E-state index contributed by atoms with van der Waals surface area (Å²) in [5.41, 5.74) is 4.14. The number of amides is 1. The van der Waals surface area contributed by atoms with E-state index in [0.29, 0.717) is 17.6 Å². The fourth-order valence-corrected chi connectivity index (χ4v) is 3.54. The standard InChI is InChI=1S/C23H23N5O2/c1-16-17(2)28(19-9-4-3-5-10-19)22-21(16)23(30)27(15-26-22)13-11-20(29)25-14-18-8-6-7-12-24-18/h3-10,12,15H,11,13-14H2,1-2H3,(H,25,29). The normalized spacial score (nSPS) is 11.0. The summed E-state index contributed by atoms with van der Waals surface area (Å²) in [5.74, 6) is -0.137. The number of benzene rings is 1. The molecular weight excluding hydrogens is 378 g/mol. The van der Waals surface area contributed by atoms with Crippen LogP contribution in [0.15, 0.2) is 65.8 Å². The summed E-state index contributed by atoms with van der Waals surface area (Å²) < 4.78 is 3.50. The summed E-state index contributed by atoms with van der Waals surface area (Å²) in [6.45, 7) is 4.55. The molecule has 0 saturated carbocycles. The molecule has 1 aromatic carbocycles. The number of nitrogens with one attached hydrogen (secondary N) is 1. The summed E-state index contributed by atoms with van der Waals surface area (Å²) in [4.78, 5) is 34.0. The molecule has 1 N–H and O–H groups in total. The molecule has 0 radical (unpaired) electrons. The maximum absolute atomic E-state index is 13.1. The highest BCUT2D eigenvalue weighted by Gasteiger charge is 2.18. The molecule has 0 aliphatic rings. The molecule has 0 spiro atoms. The number of nitrogens with zero attached hydrogens (tertiary/aromatic N) is 4. The third-order valence-corrected chi connectivity index (χ3v) is 5.27. The number of carbonyl (C=O) groups excluding carboxylic acids is 1. The first-order valence-electron chi connectivity index (χ1n) is 9.85. The van der Waals surface area contributed by atoms with Gasteiger partial charge in [-0.1, -0.05) is 24.3 Å². The zero-order chi connectivity index (χ0) is 21.1. The number of hydrogen-bond acceptors (Lipinski definition) is 4. The molecule has 1 amide bonds. The number of para-hydroxylation sites is 1. The molecule has 30 heavy (non-hydrogen) atoms. The third kappa shape index (κ3) is 3.74. The molecule has 4 aromatic rings. The second-order valence-corrected chi connectivity index (χ2v) is 7.17. The molecule has 3 aromatic heterocycles. The number of pyridine rings is 1. The summed E-state index contributed by atoms with van der Waals surface area (Å²) in [6, 6.07) is 15.4. The van der Waals surface area contributed by atoms with Crippen LogP contribution in [0.1, 0.15) is 23.4 Å². The van der Waals surface area contributed by atoms with Gasteiger partial charge < -0.3 is 5.32 Å². The van der Waals surface area contributed by atoms with E-state index in [2.05, 4.69) is 15.3 Å². The van der Waals surface area contributed by atoms with Crippen molar-refractivity contribution in [2.75, 3.05) is 0 Å². The minimum Gasteiger partial charge on any atom is -0.350 e. The van der Waals surface area contributed by atoms with Crippen molar-refractivity contribution in [3.05, 3.63) is 88.4 Å². The fourth-order valence-electron chi connectivity index (χ4n) is 3.54. The van der Waals surface area contributed by atoms with Crippen molar-refractivity contribution in [3.8, 4) is 5.69 Å². The number of fused-ring (bicyclic) bond motifs is 1. The van der Waals surface area contributed by atoms with Gasteiger partial charge in [0.1, 0.15) is 0 Å². The van der Waals surface area contributed by atoms with Crippen LogP contribution in [0.2, 0.25) is 0 Å². The second-order valence-electron chi connectivity index (χ2n) is 7.17. The summed E-state index contributed by atoms with van der Waals surface area (Å²) in [6.07, 6.45) is 3.40. The van der Waals surface area contributed by atoms with E-state index in [1.165, 1.54) is 10.9 Å². The first-order valence-corrected chi connectivity index (χ1v) is 9.85. The molecule has 0 atom stereocenters. The van der Waals surface area contributed by atoms with E-state index < -0.39 is 0 Å². The van der Waals surface area contributed by atoms with Gasteiger partial charge in [0.15, 0.2) is 5.65 Å². The molecule has 4 rings (SSSR count). The van der Waals surface area contributed by atoms with E-state index in [0.717, 1.165) is 22.6 Å². The first-order chi connectivity index (χ1) is 14.6. The monoisotopic (exact) mass is 401 g/mol. The van der Waals surface area contributed by atoms with Crippen molar-refractivity contribution in [2.45, 2.75) is 33.4 Å². The van der Waals surface area contributed by atoms with Gasteiger partial charge in [0, 0.05) is 30.5 Å². The van der Waals surface area contributed by atoms with Crippen molar-refractivity contribution in [3.63, 3.8) is 0 Å². The van der Waals surface area contributed by atoms with E-state index in [1.807, 2.05) is 66.9 Å². The first kappa shape index (κ1) is 19.6. The predicted molar refractivity (Wildman–Crippen MR) is 116 cm³/mol. The highest BCUT2D eigenvalue weighted by atomic mass is 16.1. The van der Waals surface area contributed by atoms with E-state index >= 15 is 0 Å². The van der Waals surface area contributed by atoms with Crippen LogP contribution < -0.4 is 10.9 Å². The highest BCUT2D eigenvalue weighted by Crippen LogP contribution is 2.24. The highest BCUT2D eigenvalue weighted by molar-refractivity contribution is 5.83. The Morgan fingerprint density at radius 2 is 1.80 bits per heavy atom. The van der Waals surface area contributed by atoms with Gasteiger partial charge in [-0.15, -0.1) is 0 Å². The molecule has 0 saturated heterocycles. The lowest BCUT2D eigenvalue weighted by atomic mass is 10.2. The average Bonchev–Trinajstić information content (AvgIpc) is 3.04. The van der Waals surface area contributed by atoms with Crippen LogP contribution >= 0.6 is 0 Å². The zero-order valence-electron chi connectivity index (χ0n) is 17.0. The smallest absolute Gasteiger partial charge is 0.263 e. The Bertz CT molecular complexity index is 1240. The fraction of sp³-hybridized carbons (Fsp3) is 0.217. The summed E-state index contributed by atoms with van der Waals surface area (Å²) in [5, 5.41) is 3.42. The number of carbonyl (C=O) groups is 1. The lowest BCUT2D eigenvalue weighted by Crippen LogP contribution is -2.27. The van der Waals surface area contributed by atoms with Crippen LogP contribution in [-0.4, -0.2) is 25.0 Å². The average molecular weight is 401 g/mol. The Labute approximate surface area is 174 Å². The number of hydrogen-bond donors (Lipinski definition) is 1. The van der Waals surface area contributed by atoms with Gasteiger partial charge >= 0.3 is 0 Å². The largest absolute Gasteiger partial charge is 0.350 e. The number of rotatable bonds is 6. The Morgan fingerprint density at radius 1 is 1.03 bits per heavy atom. The van der Waals surface area contributed by atoms with E-state index in [-0.39, 0.29) is 24.4 Å². The molecule has 0 bridgehead atoms. The van der Waals surface area contributed by atoms with Crippen LogP contribution in [0.4, 0.5) is 0 Å². The Morgan fingerprint density at radius 3 is 2.53 bits per heavy atom. The lowest BCUT2D eigenvalue weighted by Gasteiger charge is -2.09. The molecule has 0 aliphatic heterocycles. The topological polar surface area (TPSA) is 81.8 Å². The van der Waals surface area contributed by atoms with Crippen molar-refractivity contribution < 1.29 is 4.79 Å². The maximum Gasteiger partial charge on any atom is 0.263 e. The summed E-state index contributed by atoms with van der Waals surface area (Å²) in [7, 11) is 0. The van der Waals surface area contributed by atoms with Crippen molar-refractivity contribution in [1.29, 1.82) is 0 Å². The van der Waals surface area contributed by atoms with Crippen molar-refractivity contribution in [1.82, 2.24) is 24.4 Å². The van der Waals surface area contributed by atoms with Crippen LogP contribution in [0.5, 0.6) is 0 Å². The second kappa shape index (κ2) is 8.32. The Kier molecular flexibility index (Phi) is 5.43. The molecule has 152 valence electrons. The molecule has 0 aliphatic carbocycles. The predicted octanol–water partition coefficient (Wildman–Crippen LogP) is 2.91. The maximum atomic E-state index is 13.1. The van der Waals surface area contributed by atoms with Gasteiger partial charge in [-0.25, -0.2) is 4.98 Å². The SMILES string of the molecule is Cc1c(C)n(-c2ccccc2)c2ncn(CCC(=O)NCc3ccccn3)c(=O)c12. The van der Waals surface area contributed by atoms with Gasteiger partial charge in [-0.05, 0) is 43.7 Å². The van der Waals surface area contributed by atoms with Gasteiger partial charge in [-0.3, -0.25) is 23.7 Å². The number of aromatic nitrogens is 4. The zero-order valence-corrected chi connectivity index (χ0v) is 17.0. The molecule has 7 nitrogen and oxygen atoms in total. The van der Waals surface area contributed by atoms with Gasteiger partial charge in [0.05, 0.1) is 24.0 Å². The quantitative estimate of drug-likeness (QED) is 0.539. The third-order valence-electron chi connectivity index (χ3n) is 5.27. The molecule has 3 heterocycles. The van der Waals surface area contributed by atoms with Gasteiger partial charge in [0.2, 0.25) is 5.91 Å². The minimum absolute atomic E-state index is 0.132. The number of aryl methyl sites for hydroxylation is 2. The van der Waals surface area contributed by atoms with Crippen molar-refractivity contribution >= 4 is 16.9 Å². The van der Waals surface area contributed by atoms with Gasteiger partial charge in [0.25, 0.3) is 5.56 Å². The van der Waals surface area contributed by atoms with E-state index in [4.69, 9.17) is 0 Å². The van der Waals surface area contributed by atoms with E-state index in [1.54, 1.807) is 6.20 Å². The van der Waals surface area contributed by atoms with Crippen LogP contribution in [0.25, 0.3) is 16.7 Å². The molecule has 0 unspecified atom stereocenters. The van der Waals surface area contributed by atoms with Crippen LogP contribution in [0, 0.1) is 13.8 Å². The molecular formula is C23H23N5O2. The molecule has 0 fully saturated rings. The van der Waals surface area contributed by atoms with E-state index in [9.17, 15) is 9.59 Å². The Hall–Kier alpha value is -3.74. The summed E-state index contributed by atoms with van der Waals surface area (Å²) >= 11 is 0. The van der Waals surface area contributed by atoms with Crippen LogP contribution in [-0.2, 0) is 17.9 Å². The minimum atomic E-state index is -0.137. The lowest BCUT2D eigenvalue weighted by molar-refractivity contribution is -0.121. The molecule has 7 heteroatoms. The van der Waals surface area contributed by atoms with Gasteiger partial charge in [-0.2, -0.15) is 0 Å². The van der Waals surface area contributed by atoms with Crippen molar-refractivity contribution in [2.24, 2.45) is 0 Å².